The maximum Gasteiger partial charge on any atom is 0.0304 e. The highest BCUT2D eigenvalue weighted by atomic mass is 15.1. The molecule has 0 unspecified atom stereocenters. The fraction of sp³-hybridized carbons (Fsp3) is 1.00. The molecule has 19 heavy (non-hydrogen) atoms. The number of rotatable bonds is 7. The number of hydrogen-bond donors (Lipinski definition) is 2. The van der Waals surface area contributed by atoms with Crippen molar-refractivity contribution in [2.24, 2.45) is 17.1 Å². The van der Waals surface area contributed by atoms with Gasteiger partial charge in [-0.2, -0.15) is 0 Å². The standard InChI is InChI=1S/C16H35N3/c1-6-15(2,3)14-7-9-16(13-17,10-8-14)18-11-12-19(4)5/h14,18H,6-13,17H2,1-5H3. The first kappa shape index (κ1) is 16.9. The molecule has 0 aromatic carbocycles. The topological polar surface area (TPSA) is 41.3 Å². The Kier molecular flexibility index (Phi) is 6.28. The van der Waals surface area contributed by atoms with Gasteiger partial charge < -0.3 is 16.0 Å². The highest BCUT2D eigenvalue weighted by Crippen LogP contribution is 2.43. The van der Waals surface area contributed by atoms with Gasteiger partial charge in [0.05, 0.1) is 0 Å². The molecule has 1 aliphatic carbocycles. The molecule has 3 N–H and O–H groups in total. The van der Waals surface area contributed by atoms with Crippen LogP contribution in [-0.4, -0.2) is 44.2 Å². The van der Waals surface area contributed by atoms with Crippen LogP contribution in [0, 0.1) is 11.3 Å². The first-order valence-electron chi connectivity index (χ1n) is 7.95. The maximum absolute atomic E-state index is 6.07. The van der Waals surface area contributed by atoms with Crippen molar-refractivity contribution in [3.63, 3.8) is 0 Å². The third-order valence-corrected chi connectivity index (χ3v) is 5.41. The van der Waals surface area contributed by atoms with Gasteiger partial charge in [-0.1, -0.05) is 27.2 Å². The molecule has 114 valence electrons. The van der Waals surface area contributed by atoms with Gasteiger partial charge in [0.1, 0.15) is 0 Å². The number of nitrogens with two attached hydrogens (primary N) is 1. The van der Waals surface area contributed by atoms with Gasteiger partial charge in [0, 0.05) is 25.2 Å². The van der Waals surface area contributed by atoms with Crippen molar-refractivity contribution in [2.45, 2.75) is 58.4 Å². The van der Waals surface area contributed by atoms with Crippen LogP contribution in [0.4, 0.5) is 0 Å². The van der Waals surface area contributed by atoms with Crippen molar-refractivity contribution in [1.29, 1.82) is 0 Å². The molecule has 0 bridgehead atoms. The SMILES string of the molecule is CCC(C)(C)C1CCC(CN)(NCCN(C)C)CC1. The summed E-state index contributed by atoms with van der Waals surface area (Å²) in [5.41, 5.74) is 6.76. The summed E-state index contributed by atoms with van der Waals surface area (Å²) >= 11 is 0. The highest BCUT2D eigenvalue weighted by molar-refractivity contribution is 4.96. The van der Waals surface area contributed by atoms with Crippen LogP contribution >= 0.6 is 0 Å². The van der Waals surface area contributed by atoms with E-state index in [2.05, 4.69) is 45.1 Å². The Morgan fingerprint density at radius 2 is 1.84 bits per heavy atom. The fourth-order valence-electron chi connectivity index (χ4n) is 3.24. The van der Waals surface area contributed by atoms with E-state index in [1.54, 1.807) is 0 Å². The molecule has 0 saturated heterocycles. The Morgan fingerprint density at radius 1 is 1.26 bits per heavy atom. The molecule has 1 aliphatic rings. The van der Waals surface area contributed by atoms with Crippen LogP contribution in [0.15, 0.2) is 0 Å². The molecule has 1 fully saturated rings. The lowest BCUT2D eigenvalue weighted by Crippen LogP contribution is -2.55. The van der Waals surface area contributed by atoms with E-state index in [1.807, 2.05) is 0 Å². The Bertz CT molecular complexity index is 253. The second-order valence-corrected chi connectivity index (χ2v) is 7.33. The van der Waals surface area contributed by atoms with E-state index in [-0.39, 0.29) is 5.54 Å². The van der Waals surface area contributed by atoms with Crippen LogP contribution in [0.25, 0.3) is 0 Å². The summed E-state index contributed by atoms with van der Waals surface area (Å²) in [7, 11) is 4.24. The van der Waals surface area contributed by atoms with Gasteiger partial charge in [-0.25, -0.2) is 0 Å². The number of hydrogen-bond acceptors (Lipinski definition) is 3. The molecular weight excluding hydrogens is 234 g/mol. The van der Waals surface area contributed by atoms with Crippen molar-refractivity contribution in [3.05, 3.63) is 0 Å². The van der Waals surface area contributed by atoms with Crippen LogP contribution in [0.5, 0.6) is 0 Å². The van der Waals surface area contributed by atoms with Crippen molar-refractivity contribution >= 4 is 0 Å². The Labute approximate surface area is 120 Å². The zero-order chi connectivity index (χ0) is 14.5. The van der Waals surface area contributed by atoms with Gasteiger partial charge in [0.15, 0.2) is 0 Å². The molecule has 0 heterocycles. The van der Waals surface area contributed by atoms with Gasteiger partial charge in [-0.15, -0.1) is 0 Å². The fourth-order valence-corrected chi connectivity index (χ4v) is 3.24. The van der Waals surface area contributed by atoms with Crippen LogP contribution in [0.3, 0.4) is 0 Å². The summed E-state index contributed by atoms with van der Waals surface area (Å²) in [6.07, 6.45) is 6.41. The minimum Gasteiger partial charge on any atom is -0.329 e. The van der Waals surface area contributed by atoms with Gasteiger partial charge in [-0.3, -0.25) is 0 Å². The van der Waals surface area contributed by atoms with Gasteiger partial charge in [-0.05, 0) is 51.1 Å². The zero-order valence-corrected chi connectivity index (χ0v) is 13.8. The molecule has 3 heteroatoms. The lowest BCUT2D eigenvalue weighted by atomic mass is 9.65. The molecule has 0 aromatic rings. The average molecular weight is 269 g/mol. The summed E-state index contributed by atoms with van der Waals surface area (Å²) in [6.45, 7) is 10.1. The maximum atomic E-state index is 6.07. The summed E-state index contributed by atoms with van der Waals surface area (Å²) < 4.78 is 0. The second-order valence-electron chi connectivity index (χ2n) is 7.33. The minimum absolute atomic E-state index is 0.205. The summed E-state index contributed by atoms with van der Waals surface area (Å²) in [5.74, 6) is 0.868. The van der Waals surface area contributed by atoms with E-state index in [1.165, 1.54) is 32.1 Å². The normalized spacial score (nSPS) is 28.9. The predicted octanol–water partition coefficient (Wildman–Crippen LogP) is 2.46. The molecule has 0 aromatic heterocycles. The molecule has 0 radical (unpaired) electrons. The van der Waals surface area contributed by atoms with Crippen LogP contribution < -0.4 is 11.1 Å². The van der Waals surface area contributed by atoms with E-state index in [0.717, 1.165) is 25.6 Å². The smallest absolute Gasteiger partial charge is 0.0304 e. The molecule has 1 rings (SSSR count). The van der Waals surface area contributed by atoms with Gasteiger partial charge >= 0.3 is 0 Å². The number of nitrogens with zero attached hydrogens (tertiary/aromatic N) is 1. The van der Waals surface area contributed by atoms with E-state index in [4.69, 9.17) is 5.73 Å². The zero-order valence-electron chi connectivity index (χ0n) is 13.8. The molecular formula is C16H35N3. The molecule has 0 atom stereocenters. The third kappa shape index (κ3) is 4.73. The van der Waals surface area contributed by atoms with Crippen LogP contribution in [-0.2, 0) is 0 Å². The quantitative estimate of drug-likeness (QED) is 0.746. The summed E-state index contributed by atoms with van der Waals surface area (Å²) in [5, 5.41) is 3.74. The minimum atomic E-state index is 0.205. The molecule has 0 aliphatic heterocycles. The van der Waals surface area contributed by atoms with Gasteiger partial charge in [0.25, 0.3) is 0 Å². The van der Waals surface area contributed by atoms with E-state index in [0.29, 0.717) is 5.41 Å². The van der Waals surface area contributed by atoms with Crippen LogP contribution in [0.1, 0.15) is 52.9 Å². The van der Waals surface area contributed by atoms with Crippen molar-refractivity contribution in [3.8, 4) is 0 Å². The lowest BCUT2D eigenvalue weighted by Gasteiger charge is -2.45. The lowest BCUT2D eigenvalue weighted by molar-refractivity contribution is 0.101. The Morgan fingerprint density at radius 3 is 2.26 bits per heavy atom. The summed E-state index contributed by atoms with van der Waals surface area (Å²) in [4.78, 5) is 2.23. The number of nitrogens with one attached hydrogen (secondary N) is 1. The Hall–Kier alpha value is -0.120. The van der Waals surface area contributed by atoms with E-state index < -0.39 is 0 Å². The molecule has 0 amide bonds. The second kappa shape index (κ2) is 7.05. The van der Waals surface area contributed by atoms with Crippen molar-refractivity contribution < 1.29 is 0 Å². The largest absolute Gasteiger partial charge is 0.329 e. The third-order valence-electron chi connectivity index (χ3n) is 5.41. The number of likely N-dealkylation sites (N-methyl/N-ethyl adjacent to an activating group) is 1. The first-order valence-corrected chi connectivity index (χ1v) is 7.95. The predicted molar refractivity (Wildman–Crippen MR) is 84.4 cm³/mol. The average Bonchev–Trinajstić information content (AvgIpc) is 2.39. The van der Waals surface area contributed by atoms with Crippen molar-refractivity contribution in [2.75, 3.05) is 33.7 Å². The molecule has 0 spiro atoms. The van der Waals surface area contributed by atoms with E-state index >= 15 is 0 Å². The van der Waals surface area contributed by atoms with E-state index in [9.17, 15) is 0 Å². The van der Waals surface area contributed by atoms with Crippen molar-refractivity contribution in [1.82, 2.24) is 10.2 Å². The molecule has 3 nitrogen and oxygen atoms in total. The first-order chi connectivity index (χ1) is 8.85. The molecule has 1 saturated carbocycles. The van der Waals surface area contributed by atoms with Crippen LogP contribution in [0.2, 0.25) is 0 Å². The van der Waals surface area contributed by atoms with Gasteiger partial charge in [0.2, 0.25) is 0 Å². The monoisotopic (exact) mass is 269 g/mol. The highest BCUT2D eigenvalue weighted by Gasteiger charge is 2.38. The Balaban J connectivity index is 2.48. The summed E-state index contributed by atoms with van der Waals surface area (Å²) in [6, 6.07) is 0.